The van der Waals surface area contributed by atoms with Crippen LogP contribution in [0.5, 0.6) is 0 Å². The predicted molar refractivity (Wildman–Crippen MR) is 41.9 cm³/mol. The fraction of sp³-hybridized carbons (Fsp3) is 1.00. The fourth-order valence-corrected chi connectivity index (χ4v) is 1.16. The number of nitrogens with one attached hydrogen (secondary N) is 1. The Morgan fingerprint density at radius 1 is 1.60 bits per heavy atom. The summed E-state index contributed by atoms with van der Waals surface area (Å²) < 4.78 is 5.53. The zero-order valence-electron chi connectivity index (χ0n) is 6.73. The molecule has 60 valence electrons. The Morgan fingerprint density at radius 3 is 3.10 bits per heavy atom. The maximum Gasteiger partial charge on any atom is 0.108 e. The van der Waals surface area contributed by atoms with E-state index in [-0.39, 0.29) is 0 Å². The van der Waals surface area contributed by atoms with E-state index >= 15 is 0 Å². The van der Waals surface area contributed by atoms with Crippen LogP contribution in [0.15, 0.2) is 0 Å². The van der Waals surface area contributed by atoms with Crippen molar-refractivity contribution >= 4 is 0 Å². The van der Waals surface area contributed by atoms with Crippen LogP contribution in [0.25, 0.3) is 0 Å². The van der Waals surface area contributed by atoms with Crippen molar-refractivity contribution in [3.8, 4) is 0 Å². The molecule has 1 saturated heterocycles. The molecule has 0 bridgehead atoms. The van der Waals surface area contributed by atoms with Gasteiger partial charge in [-0.2, -0.15) is 0 Å². The number of unbranched alkanes of at least 4 members (excludes halogenated alkanes) is 1. The number of ether oxygens (including phenoxy) is 1. The van der Waals surface area contributed by atoms with Gasteiger partial charge in [0, 0.05) is 6.61 Å². The summed E-state index contributed by atoms with van der Waals surface area (Å²) in [7, 11) is 0. The molecule has 0 aromatic rings. The monoisotopic (exact) mass is 143 g/mol. The van der Waals surface area contributed by atoms with Crippen LogP contribution in [0, 0.1) is 0 Å². The van der Waals surface area contributed by atoms with Crippen LogP contribution in [0.2, 0.25) is 0 Å². The lowest BCUT2D eigenvalue weighted by Crippen LogP contribution is -2.24. The van der Waals surface area contributed by atoms with Gasteiger partial charge >= 0.3 is 0 Å². The second-order valence-corrected chi connectivity index (χ2v) is 2.81. The molecule has 0 aliphatic carbocycles. The normalized spacial score (nSPS) is 25.5. The summed E-state index contributed by atoms with van der Waals surface area (Å²) in [6.45, 7) is 4.25. The zero-order valence-corrected chi connectivity index (χ0v) is 6.73. The van der Waals surface area contributed by atoms with E-state index in [2.05, 4.69) is 12.2 Å². The van der Waals surface area contributed by atoms with Crippen molar-refractivity contribution in [3.05, 3.63) is 0 Å². The average molecular weight is 143 g/mol. The van der Waals surface area contributed by atoms with Gasteiger partial charge in [-0.1, -0.05) is 13.3 Å². The first kappa shape index (κ1) is 8.02. The van der Waals surface area contributed by atoms with Crippen molar-refractivity contribution in [2.24, 2.45) is 0 Å². The molecule has 0 aromatic carbocycles. The smallest absolute Gasteiger partial charge is 0.108 e. The average Bonchev–Trinajstić information content (AvgIpc) is 2.41. The van der Waals surface area contributed by atoms with Crippen LogP contribution in [-0.4, -0.2) is 19.4 Å². The molecule has 0 radical (unpaired) electrons. The number of hydrogen-bond acceptors (Lipinski definition) is 2. The van der Waals surface area contributed by atoms with Gasteiger partial charge in [0.15, 0.2) is 0 Å². The predicted octanol–water partition coefficient (Wildman–Crippen LogP) is 1.51. The Morgan fingerprint density at radius 2 is 2.50 bits per heavy atom. The Kier molecular flexibility index (Phi) is 3.76. The largest absolute Gasteiger partial charge is 0.363 e. The zero-order chi connectivity index (χ0) is 7.23. The molecule has 0 aromatic heterocycles. The molecular formula is C8H17NO. The van der Waals surface area contributed by atoms with Crippen molar-refractivity contribution in [3.63, 3.8) is 0 Å². The van der Waals surface area contributed by atoms with Crippen molar-refractivity contribution in [1.29, 1.82) is 0 Å². The summed E-state index contributed by atoms with van der Waals surface area (Å²) in [5, 5.41) is 3.29. The quantitative estimate of drug-likeness (QED) is 0.602. The van der Waals surface area contributed by atoms with Gasteiger partial charge in [0.2, 0.25) is 0 Å². The standard InChI is InChI=1S/C8H17NO/c1-2-3-7-10-8-5-4-6-9-8/h8-9H,2-7H2,1H3. The molecule has 0 spiro atoms. The molecule has 1 aliphatic heterocycles. The molecule has 10 heavy (non-hydrogen) atoms. The molecule has 1 rings (SSSR count). The van der Waals surface area contributed by atoms with Crippen LogP contribution in [0.4, 0.5) is 0 Å². The molecule has 1 unspecified atom stereocenters. The molecule has 0 amide bonds. The maximum atomic E-state index is 5.53. The van der Waals surface area contributed by atoms with Crippen molar-refractivity contribution in [1.82, 2.24) is 5.32 Å². The first-order chi connectivity index (χ1) is 4.93. The Labute approximate surface area is 63.0 Å². The van der Waals surface area contributed by atoms with Gasteiger partial charge in [0.05, 0.1) is 0 Å². The Hall–Kier alpha value is -0.0800. The minimum absolute atomic E-state index is 0.367. The second kappa shape index (κ2) is 4.69. The first-order valence-corrected chi connectivity index (χ1v) is 4.28. The summed E-state index contributed by atoms with van der Waals surface area (Å²) in [6, 6.07) is 0. The molecule has 2 nitrogen and oxygen atoms in total. The van der Waals surface area contributed by atoms with Gasteiger partial charge in [0.25, 0.3) is 0 Å². The lowest BCUT2D eigenvalue weighted by atomic mass is 10.3. The third-order valence-corrected chi connectivity index (χ3v) is 1.83. The van der Waals surface area contributed by atoms with E-state index < -0.39 is 0 Å². The molecule has 1 fully saturated rings. The SMILES string of the molecule is CCCCOC1CCCN1. The number of rotatable bonds is 4. The maximum absolute atomic E-state index is 5.53. The van der Waals surface area contributed by atoms with Crippen LogP contribution < -0.4 is 5.32 Å². The van der Waals surface area contributed by atoms with Crippen LogP contribution >= 0.6 is 0 Å². The highest BCUT2D eigenvalue weighted by atomic mass is 16.5. The third kappa shape index (κ3) is 2.67. The van der Waals surface area contributed by atoms with E-state index in [1.165, 1.54) is 25.7 Å². The molecule has 2 heteroatoms. The molecule has 1 N–H and O–H groups in total. The van der Waals surface area contributed by atoms with E-state index in [4.69, 9.17) is 4.74 Å². The first-order valence-electron chi connectivity index (χ1n) is 4.28. The van der Waals surface area contributed by atoms with Crippen LogP contribution in [0.1, 0.15) is 32.6 Å². The fourth-order valence-electron chi connectivity index (χ4n) is 1.16. The summed E-state index contributed by atoms with van der Waals surface area (Å²) >= 11 is 0. The third-order valence-electron chi connectivity index (χ3n) is 1.83. The van der Waals surface area contributed by atoms with E-state index in [0.29, 0.717) is 6.23 Å². The number of hydrogen-bond donors (Lipinski definition) is 1. The molecule has 0 saturated carbocycles. The van der Waals surface area contributed by atoms with Crippen molar-refractivity contribution in [2.45, 2.75) is 38.8 Å². The lowest BCUT2D eigenvalue weighted by Gasteiger charge is -2.10. The molecule has 1 heterocycles. The van der Waals surface area contributed by atoms with E-state index in [9.17, 15) is 0 Å². The highest BCUT2D eigenvalue weighted by Gasteiger charge is 2.12. The minimum atomic E-state index is 0.367. The lowest BCUT2D eigenvalue weighted by molar-refractivity contribution is 0.0418. The Balaban J connectivity index is 1.91. The van der Waals surface area contributed by atoms with Gasteiger partial charge < -0.3 is 4.74 Å². The molecule has 1 atom stereocenters. The summed E-state index contributed by atoms with van der Waals surface area (Å²) in [5.74, 6) is 0. The van der Waals surface area contributed by atoms with Gasteiger partial charge in [0.1, 0.15) is 6.23 Å². The van der Waals surface area contributed by atoms with Gasteiger partial charge in [-0.15, -0.1) is 0 Å². The van der Waals surface area contributed by atoms with Gasteiger partial charge in [-0.25, -0.2) is 0 Å². The summed E-state index contributed by atoms with van der Waals surface area (Å²) in [4.78, 5) is 0. The highest BCUT2D eigenvalue weighted by molar-refractivity contribution is 4.64. The van der Waals surface area contributed by atoms with Gasteiger partial charge in [-0.3, -0.25) is 5.32 Å². The second-order valence-electron chi connectivity index (χ2n) is 2.81. The highest BCUT2D eigenvalue weighted by Crippen LogP contribution is 2.06. The summed E-state index contributed by atoms with van der Waals surface area (Å²) in [6.07, 6.45) is 5.26. The summed E-state index contributed by atoms with van der Waals surface area (Å²) in [5.41, 5.74) is 0. The van der Waals surface area contributed by atoms with E-state index in [0.717, 1.165) is 13.2 Å². The van der Waals surface area contributed by atoms with Crippen molar-refractivity contribution < 1.29 is 4.74 Å². The minimum Gasteiger partial charge on any atom is -0.363 e. The van der Waals surface area contributed by atoms with Crippen LogP contribution in [0.3, 0.4) is 0 Å². The molecular weight excluding hydrogens is 126 g/mol. The van der Waals surface area contributed by atoms with Crippen molar-refractivity contribution in [2.75, 3.05) is 13.2 Å². The van der Waals surface area contributed by atoms with Gasteiger partial charge in [-0.05, 0) is 25.8 Å². The molecule has 1 aliphatic rings. The van der Waals surface area contributed by atoms with E-state index in [1.807, 2.05) is 0 Å². The Bertz CT molecular complexity index is 79.3. The topological polar surface area (TPSA) is 21.3 Å². The van der Waals surface area contributed by atoms with E-state index in [1.54, 1.807) is 0 Å². The van der Waals surface area contributed by atoms with Crippen LogP contribution in [-0.2, 0) is 4.74 Å².